The zero-order chi connectivity index (χ0) is 29.1. The third kappa shape index (κ3) is 4.66. The molecule has 4 N–H and O–H groups in total. The Kier molecular flexibility index (Phi) is 6.24. The minimum atomic E-state index is -0.919. The molecule has 1 aliphatic carbocycles. The number of aromatic nitrogens is 1. The molecular formula is C29H33FN8O3. The lowest BCUT2D eigenvalue weighted by molar-refractivity contribution is -0.00647. The Bertz CT molecular complexity index is 1500. The number of halogens is 1. The highest BCUT2D eigenvalue weighted by Crippen LogP contribution is 2.47. The van der Waals surface area contributed by atoms with Crippen molar-refractivity contribution in [3.63, 3.8) is 0 Å². The molecule has 2 fully saturated rings. The molecule has 0 spiro atoms. The summed E-state index contributed by atoms with van der Waals surface area (Å²) in [5.74, 6) is -0.225. The third-order valence-corrected chi connectivity index (χ3v) is 7.98. The van der Waals surface area contributed by atoms with Gasteiger partial charge in [-0.1, -0.05) is 6.07 Å². The lowest BCUT2D eigenvalue weighted by Gasteiger charge is -2.45. The molecule has 3 aliphatic heterocycles. The van der Waals surface area contributed by atoms with E-state index in [2.05, 4.69) is 20.6 Å². The van der Waals surface area contributed by atoms with E-state index >= 15 is 4.39 Å². The summed E-state index contributed by atoms with van der Waals surface area (Å²) in [7, 11) is 0. The first kappa shape index (κ1) is 26.7. The number of anilines is 1. The van der Waals surface area contributed by atoms with E-state index in [9.17, 15) is 9.59 Å². The number of hydrogen-bond donors (Lipinski definition) is 3. The van der Waals surface area contributed by atoms with Gasteiger partial charge in [-0.15, -0.1) is 0 Å². The number of piperidine rings is 1. The zero-order valence-corrected chi connectivity index (χ0v) is 23.4. The number of aliphatic imine (C=N–C) groups is 1. The first-order valence-corrected chi connectivity index (χ1v) is 13.7. The van der Waals surface area contributed by atoms with Gasteiger partial charge in [0, 0.05) is 23.9 Å². The van der Waals surface area contributed by atoms with Crippen LogP contribution in [-0.2, 0) is 4.74 Å². The normalized spacial score (nSPS) is 26.6. The van der Waals surface area contributed by atoms with Gasteiger partial charge in [-0.25, -0.2) is 19.2 Å². The van der Waals surface area contributed by atoms with E-state index in [0.29, 0.717) is 29.6 Å². The molecule has 2 aromatic rings. The number of nitrogens with zero attached hydrogens (tertiary/aromatic N) is 5. The van der Waals surface area contributed by atoms with E-state index in [1.54, 1.807) is 29.3 Å². The number of hydrogen-bond acceptors (Lipinski definition) is 9. The van der Waals surface area contributed by atoms with Crippen LogP contribution in [0.4, 0.5) is 15.0 Å². The predicted octanol–water partition coefficient (Wildman–Crippen LogP) is 3.41. The number of nitrogens with one attached hydrogen (secondary N) is 2. The van der Waals surface area contributed by atoms with E-state index in [1.807, 2.05) is 32.7 Å². The van der Waals surface area contributed by atoms with Crippen LogP contribution < -0.4 is 16.4 Å². The van der Waals surface area contributed by atoms with E-state index in [0.717, 1.165) is 12.8 Å². The minimum absolute atomic E-state index is 0.125. The lowest BCUT2D eigenvalue weighted by Crippen LogP contribution is -2.62. The van der Waals surface area contributed by atoms with Crippen molar-refractivity contribution in [2.75, 3.05) is 11.9 Å². The summed E-state index contributed by atoms with van der Waals surface area (Å²) in [6.45, 7) is 8.10. The van der Waals surface area contributed by atoms with Crippen LogP contribution in [0.25, 0.3) is 0 Å². The second kappa shape index (κ2) is 9.57. The van der Waals surface area contributed by atoms with Crippen LogP contribution >= 0.6 is 0 Å². The Morgan fingerprint density at radius 2 is 1.98 bits per heavy atom. The molecule has 214 valence electrons. The molecule has 1 saturated carbocycles. The quantitative estimate of drug-likeness (QED) is 0.521. The van der Waals surface area contributed by atoms with Crippen LogP contribution in [0.1, 0.15) is 56.5 Å². The van der Waals surface area contributed by atoms with Crippen molar-refractivity contribution in [1.82, 2.24) is 20.2 Å². The summed E-state index contributed by atoms with van der Waals surface area (Å²) in [4.78, 5) is 35.9. The smallest absolute Gasteiger partial charge is 0.410 e. The second-order valence-electron chi connectivity index (χ2n) is 12.0. The number of hydrazone groups is 1. The summed E-state index contributed by atoms with van der Waals surface area (Å²) in [6, 6.07) is 9.09. The topological polar surface area (TPSA) is 138 Å². The molecule has 4 aliphatic rings. The van der Waals surface area contributed by atoms with Gasteiger partial charge in [0.1, 0.15) is 28.8 Å². The first-order valence-electron chi connectivity index (χ1n) is 13.7. The Hall–Kier alpha value is -4.48. The van der Waals surface area contributed by atoms with Crippen molar-refractivity contribution in [3.05, 3.63) is 70.9 Å². The number of ether oxygens (including phenoxy) is 1. The molecule has 4 heterocycles. The fourth-order valence-electron chi connectivity index (χ4n) is 6.26. The molecule has 1 saturated heterocycles. The number of benzene rings is 1. The third-order valence-electron chi connectivity index (χ3n) is 7.98. The Balaban J connectivity index is 1.32. The minimum Gasteiger partial charge on any atom is -0.444 e. The Labute approximate surface area is 237 Å². The van der Waals surface area contributed by atoms with E-state index < -0.39 is 23.0 Å². The summed E-state index contributed by atoms with van der Waals surface area (Å²) in [6.07, 6.45) is 4.38. The number of nitrogens with two attached hydrogens (primary N) is 1. The fourth-order valence-corrected chi connectivity index (χ4v) is 6.26. The van der Waals surface area contributed by atoms with Gasteiger partial charge in [0.2, 0.25) is 0 Å². The maximum atomic E-state index is 15.7. The van der Waals surface area contributed by atoms with E-state index in [-0.39, 0.29) is 35.1 Å². The van der Waals surface area contributed by atoms with Gasteiger partial charge < -0.3 is 26.0 Å². The van der Waals surface area contributed by atoms with Crippen LogP contribution in [0, 0.1) is 11.7 Å². The van der Waals surface area contributed by atoms with Crippen molar-refractivity contribution >= 4 is 29.9 Å². The standard InChI is InChI=1S/C29H33FN8O3/c1-28(2,3)41-27(40)37-14-16-11-20(37)21(12-16)38-29(4)23(25(31)33-15-34-29)24(36-38)18-9-8-17(13-19(18)30)26(39)35-22-7-5-6-10-32-22/h5-10,13,15-16,20-21H,11-12,14,31H2,1-4H3,(H,33,34)(H,32,35,39). The summed E-state index contributed by atoms with van der Waals surface area (Å²) < 4.78 is 21.4. The monoisotopic (exact) mass is 560 g/mol. The van der Waals surface area contributed by atoms with Crippen molar-refractivity contribution in [2.24, 2.45) is 21.7 Å². The molecule has 6 rings (SSSR count). The molecule has 1 aromatic heterocycles. The molecule has 2 bridgehead atoms. The Morgan fingerprint density at radius 3 is 2.66 bits per heavy atom. The van der Waals surface area contributed by atoms with E-state index in [1.165, 1.54) is 24.5 Å². The molecule has 41 heavy (non-hydrogen) atoms. The largest absolute Gasteiger partial charge is 0.444 e. The van der Waals surface area contributed by atoms with Gasteiger partial charge in [0.05, 0.1) is 24.0 Å². The molecule has 12 heteroatoms. The zero-order valence-electron chi connectivity index (χ0n) is 23.4. The number of rotatable bonds is 4. The maximum absolute atomic E-state index is 15.7. The van der Waals surface area contributed by atoms with Crippen molar-refractivity contribution in [2.45, 2.75) is 63.9 Å². The number of carbonyl (C=O) groups is 2. The molecule has 4 unspecified atom stereocenters. The van der Waals surface area contributed by atoms with Crippen molar-refractivity contribution < 1.29 is 18.7 Å². The van der Waals surface area contributed by atoms with Gasteiger partial charge in [-0.05, 0) is 76.8 Å². The van der Waals surface area contributed by atoms with Gasteiger partial charge in [0.15, 0.2) is 5.66 Å². The van der Waals surface area contributed by atoms with Crippen LogP contribution in [0.5, 0.6) is 0 Å². The molecule has 2 amide bonds. The van der Waals surface area contributed by atoms with Gasteiger partial charge in [0.25, 0.3) is 5.91 Å². The molecule has 11 nitrogen and oxygen atoms in total. The maximum Gasteiger partial charge on any atom is 0.410 e. The van der Waals surface area contributed by atoms with Crippen LogP contribution in [0.2, 0.25) is 0 Å². The number of likely N-dealkylation sites (tertiary alicyclic amines) is 1. The predicted molar refractivity (Wildman–Crippen MR) is 151 cm³/mol. The average molecular weight is 561 g/mol. The highest BCUT2D eigenvalue weighted by Gasteiger charge is 2.57. The highest BCUT2D eigenvalue weighted by atomic mass is 19.1. The lowest BCUT2D eigenvalue weighted by atomic mass is 9.90. The number of pyridine rings is 1. The fraction of sp³-hybridized carbons (Fsp3) is 0.414. The van der Waals surface area contributed by atoms with Crippen LogP contribution in [0.3, 0.4) is 0 Å². The summed E-state index contributed by atoms with van der Waals surface area (Å²) in [5.41, 5.74) is 6.05. The second-order valence-corrected chi connectivity index (χ2v) is 12.0. The SMILES string of the molecule is CC(C)(C)OC(=O)N1CC2CC1C(N1N=C(c3ccc(C(=O)Nc4ccccn4)cc3F)C3=C(N)N=CNC31C)C2. The number of carbonyl (C=O) groups excluding carboxylic acids is 2. The summed E-state index contributed by atoms with van der Waals surface area (Å²) >= 11 is 0. The van der Waals surface area contributed by atoms with Gasteiger partial charge in [-0.3, -0.25) is 9.80 Å². The average Bonchev–Trinajstić information content (AvgIpc) is 3.60. The van der Waals surface area contributed by atoms with Crippen molar-refractivity contribution in [1.29, 1.82) is 0 Å². The van der Waals surface area contributed by atoms with Gasteiger partial charge in [-0.2, -0.15) is 5.10 Å². The van der Waals surface area contributed by atoms with Crippen LogP contribution in [-0.4, -0.2) is 68.8 Å². The summed E-state index contributed by atoms with van der Waals surface area (Å²) in [5, 5.41) is 12.8. The number of fused-ring (bicyclic) bond motifs is 3. The van der Waals surface area contributed by atoms with Crippen LogP contribution in [0.15, 0.2) is 64.1 Å². The van der Waals surface area contributed by atoms with E-state index in [4.69, 9.17) is 15.6 Å². The molecule has 1 aromatic carbocycles. The van der Waals surface area contributed by atoms with Gasteiger partial charge >= 0.3 is 6.09 Å². The number of amides is 2. The molecule has 0 radical (unpaired) electrons. The first-order chi connectivity index (χ1) is 19.4. The highest BCUT2D eigenvalue weighted by molar-refractivity contribution is 6.16. The Morgan fingerprint density at radius 1 is 1.20 bits per heavy atom. The molecule has 4 atom stereocenters. The molecular weight excluding hydrogens is 527 g/mol. The van der Waals surface area contributed by atoms with Crippen molar-refractivity contribution in [3.8, 4) is 0 Å².